The molecule has 0 aliphatic heterocycles. The fraction of sp³-hybridized carbons (Fsp3) is 0.267. The van der Waals surface area contributed by atoms with Gasteiger partial charge >= 0.3 is 0 Å². The van der Waals surface area contributed by atoms with Gasteiger partial charge < -0.3 is 9.47 Å². The second kappa shape index (κ2) is 5.38. The molecule has 3 aromatic rings. The first kappa shape index (κ1) is 13.3. The first-order valence-corrected chi connectivity index (χ1v) is 6.49. The quantitative estimate of drug-likeness (QED) is 0.686. The number of rotatable bonds is 4. The lowest BCUT2D eigenvalue weighted by Crippen LogP contribution is -2.02. The molecule has 3 rings (SSSR count). The van der Waals surface area contributed by atoms with Gasteiger partial charge in [-0.05, 0) is 6.07 Å². The van der Waals surface area contributed by atoms with Crippen molar-refractivity contribution in [2.24, 2.45) is 7.05 Å². The summed E-state index contributed by atoms with van der Waals surface area (Å²) in [6.07, 6.45) is 0.251. The molecule has 6 nitrogen and oxygen atoms in total. The normalized spacial score (nSPS) is 10.9. The number of aromatic nitrogens is 3. The summed E-state index contributed by atoms with van der Waals surface area (Å²) in [5.41, 5.74) is 1.43. The smallest absolute Gasteiger partial charge is 0.225 e. The lowest BCUT2D eigenvalue weighted by atomic mass is 10.1. The molecule has 0 saturated carbocycles. The second-order valence-electron chi connectivity index (χ2n) is 4.62. The SMILES string of the molecule is COCOc1nc2c(c(CC#N)nn2C)c2ccccc12. The first-order valence-electron chi connectivity index (χ1n) is 6.49. The highest BCUT2D eigenvalue weighted by Crippen LogP contribution is 2.32. The minimum absolute atomic E-state index is 0.130. The van der Waals surface area contributed by atoms with Gasteiger partial charge in [0.2, 0.25) is 5.88 Å². The Morgan fingerprint density at radius 1 is 1.29 bits per heavy atom. The van der Waals surface area contributed by atoms with Crippen LogP contribution in [0, 0.1) is 11.3 Å². The molecule has 0 N–H and O–H groups in total. The zero-order chi connectivity index (χ0) is 14.8. The molecule has 0 bridgehead atoms. The van der Waals surface area contributed by atoms with Crippen molar-refractivity contribution in [3.8, 4) is 11.9 Å². The molecule has 0 saturated heterocycles. The Morgan fingerprint density at radius 3 is 2.76 bits per heavy atom. The van der Waals surface area contributed by atoms with Gasteiger partial charge in [0, 0.05) is 24.9 Å². The number of pyridine rings is 1. The summed E-state index contributed by atoms with van der Waals surface area (Å²) in [5, 5.41) is 16.1. The number of benzene rings is 1. The van der Waals surface area contributed by atoms with E-state index in [0.717, 1.165) is 21.9 Å². The van der Waals surface area contributed by atoms with E-state index in [2.05, 4.69) is 16.2 Å². The molecule has 2 aromatic heterocycles. The number of ether oxygens (including phenoxy) is 2. The predicted octanol–water partition coefficient (Wildman–Crippen LogP) is 2.17. The Balaban J connectivity index is 2.35. The molecule has 6 heteroatoms. The molecular formula is C15H14N4O2. The van der Waals surface area contributed by atoms with Gasteiger partial charge in [0.1, 0.15) is 0 Å². The van der Waals surface area contributed by atoms with E-state index in [4.69, 9.17) is 14.7 Å². The number of nitriles is 1. The minimum Gasteiger partial charge on any atom is -0.450 e. The molecule has 106 valence electrons. The Morgan fingerprint density at radius 2 is 2.05 bits per heavy atom. The van der Waals surface area contributed by atoms with Crippen LogP contribution in [0.25, 0.3) is 21.8 Å². The van der Waals surface area contributed by atoms with E-state index >= 15 is 0 Å². The monoisotopic (exact) mass is 282 g/mol. The highest BCUT2D eigenvalue weighted by Gasteiger charge is 2.16. The van der Waals surface area contributed by atoms with Crippen LogP contribution in [0.1, 0.15) is 5.69 Å². The maximum atomic E-state index is 8.97. The largest absolute Gasteiger partial charge is 0.450 e. The Labute approximate surface area is 121 Å². The van der Waals surface area contributed by atoms with Crippen LogP contribution < -0.4 is 4.74 Å². The van der Waals surface area contributed by atoms with Crippen LogP contribution >= 0.6 is 0 Å². The van der Waals surface area contributed by atoms with Crippen molar-refractivity contribution in [2.75, 3.05) is 13.9 Å². The van der Waals surface area contributed by atoms with Gasteiger partial charge in [-0.1, -0.05) is 18.2 Å². The van der Waals surface area contributed by atoms with E-state index in [1.54, 1.807) is 11.8 Å². The van der Waals surface area contributed by atoms with Gasteiger partial charge in [0.25, 0.3) is 0 Å². The number of nitrogens with zero attached hydrogens (tertiary/aromatic N) is 4. The molecule has 0 spiro atoms. The topological polar surface area (TPSA) is 73.0 Å². The molecule has 0 radical (unpaired) electrons. The van der Waals surface area contributed by atoms with Gasteiger partial charge in [-0.15, -0.1) is 0 Å². The molecule has 0 aliphatic rings. The van der Waals surface area contributed by atoms with Crippen molar-refractivity contribution in [1.29, 1.82) is 5.26 Å². The highest BCUT2D eigenvalue weighted by molar-refractivity contribution is 6.08. The zero-order valence-electron chi connectivity index (χ0n) is 11.8. The minimum atomic E-state index is 0.130. The van der Waals surface area contributed by atoms with Gasteiger partial charge in [-0.3, -0.25) is 4.68 Å². The summed E-state index contributed by atoms with van der Waals surface area (Å²) in [7, 11) is 3.38. The lowest BCUT2D eigenvalue weighted by molar-refractivity contribution is 0.0492. The number of hydrogen-bond acceptors (Lipinski definition) is 5. The molecule has 0 fully saturated rings. The number of fused-ring (bicyclic) bond motifs is 3. The number of methoxy groups -OCH3 is 1. The molecule has 2 heterocycles. The highest BCUT2D eigenvalue weighted by atomic mass is 16.7. The molecule has 0 amide bonds. The molecule has 0 aliphatic carbocycles. The van der Waals surface area contributed by atoms with Crippen molar-refractivity contribution < 1.29 is 9.47 Å². The third-order valence-electron chi connectivity index (χ3n) is 3.28. The molecular weight excluding hydrogens is 268 g/mol. The van der Waals surface area contributed by atoms with Crippen LogP contribution in [-0.4, -0.2) is 28.7 Å². The summed E-state index contributed by atoms with van der Waals surface area (Å²) in [6.45, 7) is 0.130. The van der Waals surface area contributed by atoms with Crippen molar-refractivity contribution in [3.05, 3.63) is 30.0 Å². The second-order valence-corrected chi connectivity index (χ2v) is 4.62. The van der Waals surface area contributed by atoms with E-state index in [0.29, 0.717) is 11.5 Å². The van der Waals surface area contributed by atoms with Crippen LogP contribution in [-0.2, 0) is 18.2 Å². The molecule has 21 heavy (non-hydrogen) atoms. The third kappa shape index (κ3) is 2.18. The molecule has 1 aromatic carbocycles. The summed E-state index contributed by atoms with van der Waals surface area (Å²) in [5.74, 6) is 0.506. The van der Waals surface area contributed by atoms with Gasteiger partial charge in [-0.2, -0.15) is 15.3 Å². The lowest BCUT2D eigenvalue weighted by Gasteiger charge is -2.08. The molecule has 0 unspecified atom stereocenters. The Hall–Kier alpha value is -2.65. The maximum Gasteiger partial charge on any atom is 0.225 e. The predicted molar refractivity (Wildman–Crippen MR) is 77.8 cm³/mol. The maximum absolute atomic E-state index is 8.97. The van der Waals surface area contributed by atoms with Crippen LogP contribution in [0.5, 0.6) is 5.88 Å². The number of aryl methyl sites for hydroxylation is 1. The van der Waals surface area contributed by atoms with Crippen molar-refractivity contribution >= 4 is 21.8 Å². The standard InChI is InChI=1S/C15H14N4O2/c1-19-14-13(12(18-19)7-8-16)10-5-3-4-6-11(10)15(17-14)21-9-20-2/h3-6H,7,9H2,1-2H3. The summed E-state index contributed by atoms with van der Waals surface area (Å²) in [6, 6.07) is 9.95. The number of hydrogen-bond donors (Lipinski definition) is 0. The summed E-state index contributed by atoms with van der Waals surface area (Å²) in [4.78, 5) is 4.53. The van der Waals surface area contributed by atoms with Crippen molar-refractivity contribution in [2.45, 2.75) is 6.42 Å². The van der Waals surface area contributed by atoms with Crippen molar-refractivity contribution in [1.82, 2.24) is 14.8 Å². The van der Waals surface area contributed by atoms with Gasteiger partial charge in [0.05, 0.1) is 23.6 Å². The average molecular weight is 282 g/mol. The van der Waals surface area contributed by atoms with Gasteiger partial charge in [-0.25, -0.2) is 0 Å². The molecule has 0 atom stereocenters. The first-order chi connectivity index (χ1) is 10.3. The van der Waals surface area contributed by atoms with Gasteiger partial charge in [0.15, 0.2) is 12.4 Å². The van der Waals surface area contributed by atoms with E-state index in [1.165, 1.54) is 0 Å². The third-order valence-corrected chi connectivity index (χ3v) is 3.28. The van der Waals surface area contributed by atoms with Crippen LogP contribution in [0.3, 0.4) is 0 Å². The zero-order valence-corrected chi connectivity index (χ0v) is 11.8. The Kier molecular flexibility index (Phi) is 3.42. The summed E-state index contributed by atoms with van der Waals surface area (Å²) >= 11 is 0. The van der Waals surface area contributed by atoms with E-state index in [9.17, 15) is 0 Å². The fourth-order valence-electron chi connectivity index (χ4n) is 2.44. The summed E-state index contributed by atoms with van der Waals surface area (Å²) < 4.78 is 12.2. The Bertz CT molecular complexity index is 848. The van der Waals surface area contributed by atoms with Crippen molar-refractivity contribution in [3.63, 3.8) is 0 Å². The van der Waals surface area contributed by atoms with Crippen LogP contribution in [0.2, 0.25) is 0 Å². The van der Waals surface area contributed by atoms with E-state index in [1.807, 2.05) is 31.3 Å². The average Bonchev–Trinajstić information content (AvgIpc) is 2.81. The van der Waals surface area contributed by atoms with Crippen LogP contribution in [0.15, 0.2) is 24.3 Å². The van der Waals surface area contributed by atoms with E-state index in [-0.39, 0.29) is 13.2 Å². The van der Waals surface area contributed by atoms with Crippen LogP contribution in [0.4, 0.5) is 0 Å². The van der Waals surface area contributed by atoms with E-state index < -0.39 is 0 Å². The fourth-order valence-corrected chi connectivity index (χ4v) is 2.44.